The molecule has 0 aromatic heterocycles. The number of amides is 1. The number of primary amides is 1. The molecule has 2 rings (SSSR count). The van der Waals surface area contributed by atoms with Gasteiger partial charge in [-0.3, -0.25) is 4.79 Å². The van der Waals surface area contributed by atoms with E-state index in [4.69, 9.17) is 10.5 Å². The first-order valence-corrected chi connectivity index (χ1v) is 6.80. The maximum atomic E-state index is 11.1. The average Bonchev–Trinajstić information content (AvgIpc) is 2.83. The first-order chi connectivity index (χ1) is 8.16. The fourth-order valence-corrected chi connectivity index (χ4v) is 3.00. The summed E-state index contributed by atoms with van der Waals surface area (Å²) in [5.41, 5.74) is 5.34. The van der Waals surface area contributed by atoms with E-state index in [-0.39, 0.29) is 11.8 Å². The zero-order valence-corrected chi connectivity index (χ0v) is 10.7. The summed E-state index contributed by atoms with van der Waals surface area (Å²) in [6.07, 6.45) is 5.21. The summed E-state index contributed by atoms with van der Waals surface area (Å²) >= 11 is 0. The van der Waals surface area contributed by atoms with Crippen LogP contribution in [0.1, 0.15) is 39.0 Å². The number of hydrogen-bond donors (Lipinski definition) is 2. The molecule has 2 aliphatic rings. The fourth-order valence-electron chi connectivity index (χ4n) is 3.00. The fraction of sp³-hybridized carbons (Fsp3) is 0.923. The zero-order valence-electron chi connectivity index (χ0n) is 10.7. The summed E-state index contributed by atoms with van der Waals surface area (Å²) in [5, 5.41) is 3.69. The molecule has 1 amide bonds. The molecule has 3 N–H and O–H groups in total. The number of ether oxygens (including phenoxy) is 1. The maximum Gasteiger partial charge on any atom is 0.220 e. The van der Waals surface area contributed by atoms with Crippen LogP contribution in [-0.2, 0) is 9.53 Å². The molecule has 2 atom stereocenters. The summed E-state index contributed by atoms with van der Waals surface area (Å²) < 4.78 is 5.41. The maximum absolute atomic E-state index is 11.1. The van der Waals surface area contributed by atoms with Crippen LogP contribution in [0.4, 0.5) is 0 Å². The van der Waals surface area contributed by atoms with E-state index in [0.29, 0.717) is 18.0 Å². The Balaban J connectivity index is 1.72. The Morgan fingerprint density at radius 1 is 1.29 bits per heavy atom. The van der Waals surface area contributed by atoms with Crippen molar-refractivity contribution in [2.75, 3.05) is 13.2 Å². The second-order valence-electron chi connectivity index (χ2n) is 5.53. The highest BCUT2D eigenvalue weighted by Crippen LogP contribution is 2.25. The summed E-state index contributed by atoms with van der Waals surface area (Å²) in [7, 11) is 0. The second-order valence-corrected chi connectivity index (χ2v) is 5.53. The largest absolute Gasteiger partial charge is 0.381 e. The van der Waals surface area contributed by atoms with E-state index >= 15 is 0 Å². The van der Waals surface area contributed by atoms with Gasteiger partial charge in [-0.1, -0.05) is 0 Å². The normalized spacial score (nSPS) is 35.7. The number of hydrogen-bond acceptors (Lipinski definition) is 3. The van der Waals surface area contributed by atoms with Crippen molar-refractivity contribution in [1.29, 1.82) is 0 Å². The van der Waals surface area contributed by atoms with E-state index < -0.39 is 0 Å². The Bertz CT molecular complexity index is 256. The first kappa shape index (κ1) is 12.8. The number of carbonyl (C=O) groups excluding carboxylic acids is 1. The lowest BCUT2D eigenvalue weighted by Crippen LogP contribution is -2.44. The molecule has 17 heavy (non-hydrogen) atoms. The van der Waals surface area contributed by atoms with Crippen LogP contribution in [0.3, 0.4) is 0 Å². The van der Waals surface area contributed by atoms with Crippen LogP contribution >= 0.6 is 0 Å². The second kappa shape index (κ2) is 5.83. The van der Waals surface area contributed by atoms with Crippen molar-refractivity contribution in [3.05, 3.63) is 0 Å². The third kappa shape index (κ3) is 3.42. The summed E-state index contributed by atoms with van der Waals surface area (Å²) in [4.78, 5) is 11.1. The highest BCUT2D eigenvalue weighted by molar-refractivity contribution is 5.76. The molecule has 2 fully saturated rings. The quantitative estimate of drug-likeness (QED) is 0.772. The minimum atomic E-state index is -0.124. The molecule has 0 aromatic rings. The molecule has 1 aliphatic heterocycles. The molecule has 4 nitrogen and oxygen atoms in total. The predicted molar refractivity (Wildman–Crippen MR) is 66.5 cm³/mol. The van der Waals surface area contributed by atoms with E-state index in [2.05, 4.69) is 12.2 Å². The molecule has 2 unspecified atom stereocenters. The Hall–Kier alpha value is -0.610. The standard InChI is InChI=1S/C13H24N2O2/c1-9(11-6-7-17-8-11)15-12-4-2-10(3-5-12)13(14)16/h9-12,15H,2-8H2,1H3,(H2,14,16). The van der Waals surface area contributed by atoms with Crippen molar-refractivity contribution in [1.82, 2.24) is 5.32 Å². The van der Waals surface area contributed by atoms with Crippen LogP contribution in [0.15, 0.2) is 0 Å². The van der Waals surface area contributed by atoms with Crippen molar-refractivity contribution in [3.8, 4) is 0 Å². The third-order valence-corrected chi connectivity index (χ3v) is 4.30. The number of carbonyl (C=O) groups is 1. The lowest BCUT2D eigenvalue weighted by atomic mass is 9.85. The van der Waals surface area contributed by atoms with Gasteiger partial charge >= 0.3 is 0 Å². The van der Waals surface area contributed by atoms with E-state index in [1.54, 1.807) is 0 Å². The monoisotopic (exact) mass is 240 g/mol. The molecule has 98 valence electrons. The molecule has 0 aromatic carbocycles. The van der Waals surface area contributed by atoms with E-state index in [9.17, 15) is 4.79 Å². The Morgan fingerprint density at radius 3 is 2.53 bits per heavy atom. The molecule has 0 bridgehead atoms. The Labute approximate surface area is 103 Å². The van der Waals surface area contributed by atoms with Gasteiger partial charge in [-0.25, -0.2) is 0 Å². The van der Waals surface area contributed by atoms with E-state index in [0.717, 1.165) is 38.9 Å². The smallest absolute Gasteiger partial charge is 0.220 e. The molecule has 1 saturated carbocycles. The Morgan fingerprint density at radius 2 is 2.00 bits per heavy atom. The van der Waals surface area contributed by atoms with Gasteiger partial charge in [0.05, 0.1) is 6.61 Å². The van der Waals surface area contributed by atoms with Gasteiger partial charge in [0.25, 0.3) is 0 Å². The molecule has 1 saturated heterocycles. The summed E-state index contributed by atoms with van der Waals surface area (Å²) in [6.45, 7) is 4.05. The van der Waals surface area contributed by atoms with Crippen LogP contribution in [-0.4, -0.2) is 31.2 Å². The highest BCUT2D eigenvalue weighted by Gasteiger charge is 2.28. The van der Waals surface area contributed by atoms with Gasteiger partial charge < -0.3 is 15.8 Å². The molecule has 1 aliphatic carbocycles. The van der Waals surface area contributed by atoms with Crippen molar-refractivity contribution in [2.24, 2.45) is 17.6 Å². The average molecular weight is 240 g/mol. The van der Waals surface area contributed by atoms with Crippen molar-refractivity contribution < 1.29 is 9.53 Å². The predicted octanol–water partition coefficient (Wildman–Crippen LogP) is 1.05. The number of nitrogens with two attached hydrogens (primary N) is 1. The molecular weight excluding hydrogens is 216 g/mol. The van der Waals surface area contributed by atoms with Crippen LogP contribution in [0.2, 0.25) is 0 Å². The molecule has 4 heteroatoms. The minimum Gasteiger partial charge on any atom is -0.381 e. The minimum absolute atomic E-state index is 0.109. The van der Waals surface area contributed by atoms with Gasteiger partial charge in [0, 0.05) is 24.6 Å². The van der Waals surface area contributed by atoms with Gasteiger partial charge in [-0.2, -0.15) is 0 Å². The Kier molecular flexibility index (Phi) is 4.40. The SMILES string of the molecule is CC(NC1CCC(C(N)=O)CC1)C1CCOC1. The van der Waals surface area contributed by atoms with E-state index in [1.165, 1.54) is 6.42 Å². The third-order valence-electron chi connectivity index (χ3n) is 4.30. The molecule has 0 radical (unpaired) electrons. The zero-order chi connectivity index (χ0) is 12.3. The molecular formula is C13H24N2O2. The lowest BCUT2D eigenvalue weighted by Gasteiger charge is -2.31. The number of rotatable bonds is 4. The summed E-state index contributed by atoms with van der Waals surface area (Å²) in [6, 6.07) is 1.08. The summed E-state index contributed by atoms with van der Waals surface area (Å²) in [5.74, 6) is 0.641. The lowest BCUT2D eigenvalue weighted by molar-refractivity contribution is -0.122. The van der Waals surface area contributed by atoms with Crippen molar-refractivity contribution in [3.63, 3.8) is 0 Å². The van der Waals surface area contributed by atoms with Gasteiger partial charge in [0.1, 0.15) is 0 Å². The van der Waals surface area contributed by atoms with Crippen molar-refractivity contribution >= 4 is 5.91 Å². The molecule has 1 heterocycles. The van der Waals surface area contributed by atoms with E-state index in [1.807, 2.05) is 0 Å². The first-order valence-electron chi connectivity index (χ1n) is 6.80. The van der Waals surface area contributed by atoms with Crippen molar-refractivity contribution in [2.45, 2.75) is 51.1 Å². The van der Waals surface area contributed by atoms with Gasteiger partial charge in [0.15, 0.2) is 0 Å². The molecule has 0 spiro atoms. The van der Waals surface area contributed by atoms with Gasteiger partial charge in [-0.05, 0) is 44.9 Å². The van der Waals surface area contributed by atoms with Crippen LogP contribution < -0.4 is 11.1 Å². The van der Waals surface area contributed by atoms with Gasteiger partial charge in [0.2, 0.25) is 5.91 Å². The van der Waals surface area contributed by atoms with Crippen LogP contribution in [0.5, 0.6) is 0 Å². The highest BCUT2D eigenvalue weighted by atomic mass is 16.5. The van der Waals surface area contributed by atoms with Crippen LogP contribution in [0.25, 0.3) is 0 Å². The van der Waals surface area contributed by atoms with Crippen LogP contribution in [0, 0.1) is 11.8 Å². The number of nitrogens with one attached hydrogen (secondary N) is 1. The van der Waals surface area contributed by atoms with Gasteiger partial charge in [-0.15, -0.1) is 0 Å². The topological polar surface area (TPSA) is 64.3 Å².